The van der Waals surface area contributed by atoms with E-state index in [9.17, 15) is 18.8 Å². The molecule has 7 nitrogen and oxygen atoms in total. The fourth-order valence-electron chi connectivity index (χ4n) is 4.71. The Kier molecular flexibility index (Phi) is 4.87. The molecular formula is C23H25FN4O3. The van der Waals surface area contributed by atoms with Crippen molar-refractivity contribution in [3.63, 3.8) is 0 Å². The molecule has 2 fully saturated rings. The highest BCUT2D eigenvalue weighted by Crippen LogP contribution is 2.40. The first kappa shape index (κ1) is 19.9. The van der Waals surface area contributed by atoms with Gasteiger partial charge in [-0.15, -0.1) is 0 Å². The van der Waals surface area contributed by atoms with Gasteiger partial charge < -0.3 is 14.8 Å². The van der Waals surface area contributed by atoms with Crippen LogP contribution in [0.5, 0.6) is 0 Å². The SMILES string of the molecule is C[C@H]1C[C@H]1C(=O)N1CC[C@H](c2nc3c(c(=O)[nH]2)CCN(C(=O)c2ccccc2F)C3)C1. The summed E-state index contributed by atoms with van der Waals surface area (Å²) >= 11 is 0. The van der Waals surface area contributed by atoms with E-state index in [1.54, 1.807) is 12.1 Å². The normalized spacial score (nSPS) is 24.8. The maximum Gasteiger partial charge on any atom is 0.257 e. The van der Waals surface area contributed by atoms with Crippen molar-refractivity contribution in [3.8, 4) is 0 Å². The van der Waals surface area contributed by atoms with Crippen molar-refractivity contribution in [1.82, 2.24) is 19.8 Å². The van der Waals surface area contributed by atoms with Crippen molar-refractivity contribution < 1.29 is 14.0 Å². The van der Waals surface area contributed by atoms with Crippen molar-refractivity contribution in [1.29, 1.82) is 0 Å². The number of aromatic nitrogens is 2. The molecule has 1 aromatic carbocycles. The monoisotopic (exact) mass is 424 g/mol. The van der Waals surface area contributed by atoms with Crippen LogP contribution in [0.2, 0.25) is 0 Å². The Bertz CT molecular complexity index is 1110. The third-order valence-corrected chi connectivity index (χ3v) is 6.80. The maximum atomic E-state index is 14.1. The lowest BCUT2D eigenvalue weighted by Gasteiger charge is -2.28. The molecule has 0 unspecified atom stereocenters. The van der Waals surface area contributed by atoms with E-state index < -0.39 is 11.7 Å². The van der Waals surface area contributed by atoms with Gasteiger partial charge in [-0.1, -0.05) is 19.1 Å². The quantitative estimate of drug-likeness (QED) is 0.818. The minimum atomic E-state index is -0.557. The van der Waals surface area contributed by atoms with Crippen molar-refractivity contribution in [3.05, 3.63) is 63.1 Å². The second-order valence-corrected chi connectivity index (χ2v) is 8.92. The number of benzene rings is 1. The largest absolute Gasteiger partial charge is 0.342 e. The van der Waals surface area contributed by atoms with Crippen LogP contribution in [0.3, 0.4) is 0 Å². The molecule has 2 amide bonds. The molecule has 8 heteroatoms. The third kappa shape index (κ3) is 3.64. The number of carbonyl (C=O) groups is 2. The Morgan fingerprint density at radius 2 is 1.97 bits per heavy atom. The van der Waals surface area contributed by atoms with E-state index in [1.165, 1.54) is 17.0 Å². The molecule has 1 saturated heterocycles. The molecule has 0 spiro atoms. The van der Waals surface area contributed by atoms with E-state index in [1.807, 2.05) is 4.90 Å². The van der Waals surface area contributed by atoms with Gasteiger partial charge >= 0.3 is 0 Å². The highest BCUT2D eigenvalue weighted by Gasteiger charge is 2.43. The second kappa shape index (κ2) is 7.59. The lowest BCUT2D eigenvalue weighted by Crippen LogP contribution is -2.40. The third-order valence-electron chi connectivity index (χ3n) is 6.80. The highest BCUT2D eigenvalue weighted by atomic mass is 19.1. The summed E-state index contributed by atoms with van der Waals surface area (Å²) in [4.78, 5) is 49.0. The van der Waals surface area contributed by atoms with Crippen LogP contribution in [0.25, 0.3) is 0 Å². The van der Waals surface area contributed by atoms with Crippen LogP contribution in [-0.4, -0.2) is 51.2 Å². The van der Waals surface area contributed by atoms with Crippen molar-refractivity contribution in [2.45, 2.75) is 38.6 Å². The van der Waals surface area contributed by atoms with Crippen molar-refractivity contribution in [2.24, 2.45) is 11.8 Å². The minimum Gasteiger partial charge on any atom is -0.342 e. The number of H-pyrrole nitrogens is 1. The molecule has 1 saturated carbocycles. The lowest BCUT2D eigenvalue weighted by molar-refractivity contribution is -0.131. The van der Waals surface area contributed by atoms with Gasteiger partial charge in [-0.05, 0) is 37.3 Å². The van der Waals surface area contributed by atoms with E-state index in [0.29, 0.717) is 49.1 Å². The summed E-state index contributed by atoms with van der Waals surface area (Å²) in [5, 5.41) is 0. The van der Waals surface area contributed by atoms with Gasteiger partial charge in [-0.25, -0.2) is 9.37 Å². The summed E-state index contributed by atoms with van der Waals surface area (Å²) in [6.45, 7) is 3.84. The van der Waals surface area contributed by atoms with Crippen LogP contribution in [0, 0.1) is 17.7 Å². The van der Waals surface area contributed by atoms with Gasteiger partial charge in [0, 0.05) is 37.0 Å². The van der Waals surface area contributed by atoms with Crippen molar-refractivity contribution in [2.75, 3.05) is 19.6 Å². The molecule has 1 N–H and O–H groups in total. The Morgan fingerprint density at radius 3 is 2.71 bits per heavy atom. The number of amides is 2. The van der Waals surface area contributed by atoms with Gasteiger partial charge in [-0.2, -0.15) is 0 Å². The number of nitrogens with one attached hydrogen (secondary N) is 1. The number of aromatic amines is 1. The summed E-state index contributed by atoms with van der Waals surface area (Å²) in [6.07, 6.45) is 2.10. The van der Waals surface area contributed by atoms with Gasteiger partial charge in [0.2, 0.25) is 5.91 Å². The van der Waals surface area contributed by atoms with E-state index in [4.69, 9.17) is 4.98 Å². The average molecular weight is 424 g/mol. The Balaban J connectivity index is 1.35. The molecule has 1 aromatic heterocycles. The second-order valence-electron chi connectivity index (χ2n) is 8.92. The summed E-state index contributed by atoms with van der Waals surface area (Å²) in [7, 11) is 0. The molecule has 2 aliphatic heterocycles. The summed E-state index contributed by atoms with van der Waals surface area (Å²) in [5.74, 6) is 0.411. The molecule has 2 aromatic rings. The number of nitrogens with zero attached hydrogens (tertiary/aromatic N) is 3. The highest BCUT2D eigenvalue weighted by molar-refractivity contribution is 5.94. The van der Waals surface area contributed by atoms with Gasteiger partial charge in [-0.3, -0.25) is 14.4 Å². The topological polar surface area (TPSA) is 86.4 Å². The molecule has 162 valence electrons. The number of halogens is 1. The zero-order chi connectivity index (χ0) is 21.7. The predicted octanol–water partition coefficient (Wildman–Crippen LogP) is 2.08. The number of hydrogen-bond acceptors (Lipinski definition) is 4. The minimum absolute atomic E-state index is 0.0198. The smallest absolute Gasteiger partial charge is 0.257 e. The number of fused-ring (bicyclic) bond motifs is 1. The van der Waals surface area contributed by atoms with Crippen LogP contribution in [0.1, 0.15) is 53.1 Å². The lowest BCUT2D eigenvalue weighted by atomic mass is 10.0. The van der Waals surface area contributed by atoms with Crippen LogP contribution < -0.4 is 5.56 Å². The number of hydrogen-bond donors (Lipinski definition) is 1. The van der Waals surface area contributed by atoms with Crippen LogP contribution in [0.4, 0.5) is 4.39 Å². The van der Waals surface area contributed by atoms with E-state index in [2.05, 4.69) is 11.9 Å². The number of likely N-dealkylation sites (tertiary alicyclic amines) is 1. The first-order chi connectivity index (χ1) is 14.9. The molecule has 1 aliphatic carbocycles. The van der Waals surface area contributed by atoms with Gasteiger partial charge in [0.25, 0.3) is 11.5 Å². The first-order valence-electron chi connectivity index (χ1n) is 10.9. The first-order valence-corrected chi connectivity index (χ1v) is 10.9. The van der Waals surface area contributed by atoms with Crippen molar-refractivity contribution >= 4 is 11.8 Å². The molecule has 5 rings (SSSR count). The summed E-state index contributed by atoms with van der Waals surface area (Å²) in [6, 6.07) is 5.91. The zero-order valence-corrected chi connectivity index (χ0v) is 17.4. The standard InChI is InChI=1S/C23H25FN4O3/c1-13-10-17(13)23(31)27-8-6-14(11-27)20-25-19-12-28(9-7-16(19)21(29)26-20)22(30)15-4-2-3-5-18(15)24/h2-5,13-14,17H,6-12H2,1H3,(H,25,26,29)/t13-,14-,17+/m0/s1. The van der Waals surface area contributed by atoms with E-state index in [-0.39, 0.29) is 35.4 Å². The van der Waals surface area contributed by atoms with E-state index >= 15 is 0 Å². The fraction of sp³-hybridized carbons (Fsp3) is 0.478. The average Bonchev–Trinajstić information content (AvgIpc) is 3.29. The Morgan fingerprint density at radius 1 is 1.19 bits per heavy atom. The number of rotatable bonds is 3. The van der Waals surface area contributed by atoms with Crippen LogP contribution in [-0.2, 0) is 17.8 Å². The van der Waals surface area contributed by atoms with Gasteiger partial charge in [0.05, 0.1) is 17.8 Å². The van der Waals surface area contributed by atoms with E-state index in [0.717, 1.165) is 12.8 Å². The summed E-state index contributed by atoms with van der Waals surface area (Å²) < 4.78 is 14.1. The number of carbonyl (C=O) groups excluding carboxylic acids is 2. The molecular weight excluding hydrogens is 399 g/mol. The maximum absolute atomic E-state index is 14.1. The summed E-state index contributed by atoms with van der Waals surface area (Å²) in [5.41, 5.74) is 0.989. The Labute approximate surface area is 179 Å². The molecule has 31 heavy (non-hydrogen) atoms. The zero-order valence-electron chi connectivity index (χ0n) is 17.4. The Hall–Kier alpha value is -3.03. The predicted molar refractivity (Wildman–Crippen MR) is 111 cm³/mol. The molecule has 0 bridgehead atoms. The van der Waals surface area contributed by atoms with Crippen LogP contribution in [0.15, 0.2) is 29.1 Å². The molecule has 0 radical (unpaired) electrons. The fourth-order valence-corrected chi connectivity index (χ4v) is 4.71. The molecule has 3 aliphatic rings. The molecule has 3 atom stereocenters. The molecule has 3 heterocycles. The van der Waals surface area contributed by atoms with Crippen LogP contribution >= 0.6 is 0 Å². The van der Waals surface area contributed by atoms with Gasteiger partial charge in [0.1, 0.15) is 11.6 Å². The van der Waals surface area contributed by atoms with Gasteiger partial charge in [0.15, 0.2) is 0 Å².